The maximum absolute atomic E-state index is 13.6. The lowest BCUT2D eigenvalue weighted by molar-refractivity contribution is 0.0121. The molecule has 0 radical (unpaired) electrons. The zero-order valence-electron chi connectivity index (χ0n) is 10.6. The van der Waals surface area contributed by atoms with E-state index < -0.39 is 17.7 Å². The van der Waals surface area contributed by atoms with Crippen LogP contribution in [0.2, 0.25) is 0 Å². The van der Waals surface area contributed by atoms with Crippen molar-refractivity contribution in [3.63, 3.8) is 0 Å². The molecule has 2 unspecified atom stereocenters. The minimum absolute atomic E-state index is 0.156. The van der Waals surface area contributed by atoms with Gasteiger partial charge in [0.2, 0.25) is 0 Å². The smallest absolute Gasteiger partial charge is 0.131 e. The first-order valence-electron chi connectivity index (χ1n) is 6.01. The molecule has 0 saturated carbocycles. The number of nitrogens with zero attached hydrogens (tertiary/aromatic N) is 2. The van der Waals surface area contributed by atoms with E-state index in [1.807, 2.05) is 19.0 Å². The molecule has 2 atom stereocenters. The van der Waals surface area contributed by atoms with Crippen LogP contribution in [-0.2, 0) is 0 Å². The van der Waals surface area contributed by atoms with Crippen molar-refractivity contribution in [2.45, 2.75) is 12.1 Å². The summed E-state index contributed by atoms with van der Waals surface area (Å²) in [6.45, 7) is 2.40. The summed E-state index contributed by atoms with van der Waals surface area (Å²) in [4.78, 5) is 4.10. The molecule has 0 bridgehead atoms. The summed E-state index contributed by atoms with van der Waals surface area (Å²) in [5, 5.41) is 10.3. The van der Waals surface area contributed by atoms with Crippen LogP contribution in [0.1, 0.15) is 11.7 Å². The zero-order chi connectivity index (χ0) is 13.3. The van der Waals surface area contributed by atoms with Crippen molar-refractivity contribution in [3.05, 3.63) is 35.4 Å². The van der Waals surface area contributed by atoms with Crippen LogP contribution in [0.4, 0.5) is 8.78 Å². The number of hydrogen-bond acceptors (Lipinski definition) is 3. The molecule has 1 heterocycles. The summed E-state index contributed by atoms with van der Waals surface area (Å²) in [5.41, 5.74) is 0.156. The first-order valence-corrected chi connectivity index (χ1v) is 6.01. The Bertz CT molecular complexity index is 427. The number of aliphatic hydroxyl groups is 1. The first-order chi connectivity index (χ1) is 8.49. The molecule has 18 heavy (non-hydrogen) atoms. The molecule has 0 amide bonds. The number of rotatable bonds is 2. The van der Waals surface area contributed by atoms with Gasteiger partial charge in [0.05, 0.1) is 12.1 Å². The van der Waals surface area contributed by atoms with Crippen LogP contribution in [0, 0.1) is 11.6 Å². The minimum atomic E-state index is -0.946. The number of piperazine rings is 1. The highest BCUT2D eigenvalue weighted by Gasteiger charge is 2.31. The molecule has 1 aromatic carbocycles. The van der Waals surface area contributed by atoms with Crippen molar-refractivity contribution in [2.75, 3.05) is 33.7 Å². The van der Waals surface area contributed by atoms with E-state index in [2.05, 4.69) is 4.90 Å². The number of hydrogen-bond donors (Lipinski definition) is 1. The lowest BCUT2D eigenvalue weighted by atomic mass is 9.98. The fourth-order valence-electron chi connectivity index (χ4n) is 2.33. The van der Waals surface area contributed by atoms with E-state index >= 15 is 0 Å². The van der Waals surface area contributed by atoms with Gasteiger partial charge in [-0.1, -0.05) is 6.07 Å². The Morgan fingerprint density at radius 3 is 2.67 bits per heavy atom. The van der Waals surface area contributed by atoms with Gasteiger partial charge in [0, 0.05) is 31.3 Å². The monoisotopic (exact) mass is 256 g/mol. The summed E-state index contributed by atoms with van der Waals surface area (Å²) >= 11 is 0. The van der Waals surface area contributed by atoms with Gasteiger partial charge in [0.25, 0.3) is 0 Å². The molecule has 1 N–H and O–H groups in total. The summed E-state index contributed by atoms with van der Waals surface area (Å²) in [6.07, 6.45) is -0.946. The van der Waals surface area contributed by atoms with Crippen LogP contribution >= 0.6 is 0 Å². The third kappa shape index (κ3) is 2.68. The van der Waals surface area contributed by atoms with Crippen LogP contribution in [0.3, 0.4) is 0 Å². The Morgan fingerprint density at radius 2 is 2.00 bits per heavy atom. The highest BCUT2D eigenvalue weighted by atomic mass is 19.1. The number of aliphatic hydroxyl groups excluding tert-OH is 1. The van der Waals surface area contributed by atoms with E-state index in [-0.39, 0.29) is 11.6 Å². The lowest BCUT2D eigenvalue weighted by Gasteiger charge is -2.40. The SMILES string of the molecule is CN1CCN(C)C(C(O)c2ccc(F)cc2F)C1. The molecule has 1 aliphatic rings. The highest BCUT2D eigenvalue weighted by molar-refractivity contribution is 5.22. The van der Waals surface area contributed by atoms with Gasteiger partial charge in [0.1, 0.15) is 11.6 Å². The Hall–Kier alpha value is -1.04. The second-order valence-electron chi connectivity index (χ2n) is 4.92. The second kappa shape index (κ2) is 5.30. The Morgan fingerprint density at radius 1 is 1.28 bits per heavy atom. The van der Waals surface area contributed by atoms with Crippen molar-refractivity contribution in [1.82, 2.24) is 9.80 Å². The third-order valence-electron chi connectivity index (χ3n) is 3.54. The van der Waals surface area contributed by atoms with Crippen molar-refractivity contribution in [2.24, 2.45) is 0 Å². The molecule has 2 rings (SSSR count). The largest absolute Gasteiger partial charge is 0.387 e. The minimum Gasteiger partial charge on any atom is -0.387 e. The average molecular weight is 256 g/mol. The molecular weight excluding hydrogens is 238 g/mol. The molecule has 1 aliphatic heterocycles. The van der Waals surface area contributed by atoms with Crippen molar-refractivity contribution in [3.8, 4) is 0 Å². The van der Waals surface area contributed by atoms with E-state index in [0.717, 1.165) is 19.2 Å². The topological polar surface area (TPSA) is 26.7 Å². The fourth-order valence-corrected chi connectivity index (χ4v) is 2.33. The predicted molar refractivity (Wildman–Crippen MR) is 65.2 cm³/mol. The predicted octanol–water partition coefficient (Wildman–Crippen LogP) is 1.24. The number of halogens is 2. The molecular formula is C13H18F2N2O. The van der Waals surface area contributed by atoms with Crippen LogP contribution in [0.15, 0.2) is 18.2 Å². The first kappa shape index (κ1) is 13.4. The van der Waals surface area contributed by atoms with E-state index in [1.165, 1.54) is 12.1 Å². The van der Waals surface area contributed by atoms with Gasteiger partial charge in [-0.15, -0.1) is 0 Å². The molecule has 1 aromatic rings. The second-order valence-corrected chi connectivity index (χ2v) is 4.92. The van der Waals surface area contributed by atoms with Crippen molar-refractivity contribution >= 4 is 0 Å². The summed E-state index contributed by atoms with van der Waals surface area (Å²) in [7, 11) is 3.87. The Kier molecular flexibility index (Phi) is 3.94. The van der Waals surface area contributed by atoms with E-state index in [0.29, 0.717) is 6.54 Å². The molecule has 0 aliphatic carbocycles. The standard InChI is InChI=1S/C13H18F2N2O/c1-16-5-6-17(2)12(8-16)13(18)10-4-3-9(14)7-11(10)15/h3-4,7,12-13,18H,5-6,8H2,1-2H3. The number of likely N-dealkylation sites (N-methyl/N-ethyl adjacent to an activating group) is 2. The molecule has 0 aromatic heterocycles. The normalized spacial score (nSPS) is 24.2. The van der Waals surface area contributed by atoms with Gasteiger partial charge < -0.3 is 10.0 Å². The van der Waals surface area contributed by atoms with Gasteiger partial charge in [-0.05, 0) is 20.2 Å². The molecule has 3 nitrogen and oxygen atoms in total. The van der Waals surface area contributed by atoms with Crippen LogP contribution in [0.25, 0.3) is 0 Å². The summed E-state index contributed by atoms with van der Waals surface area (Å²) < 4.78 is 26.5. The van der Waals surface area contributed by atoms with Gasteiger partial charge in [-0.3, -0.25) is 4.90 Å². The third-order valence-corrected chi connectivity index (χ3v) is 3.54. The van der Waals surface area contributed by atoms with Crippen LogP contribution in [-0.4, -0.2) is 54.7 Å². The van der Waals surface area contributed by atoms with Gasteiger partial charge in [-0.2, -0.15) is 0 Å². The average Bonchev–Trinajstić information content (AvgIpc) is 2.31. The summed E-state index contributed by atoms with van der Waals surface area (Å²) in [6, 6.07) is 3.13. The molecule has 100 valence electrons. The van der Waals surface area contributed by atoms with E-state index in [9.17, 15) is 13.9 Å². The van der Waals surface area contributed by atoms with Gasteiger partial charge in [0.15, 0.2) is 0 Å². The zero-order valence-corrected chi connectivity index (χ0v) is 10.6. The number of benzene rings is 1. The molecule has 1 saturated heterocycles. The van der Waals surface area contributed by atoms with Crippen molar-refractivity contribution in [1.29, 1.82) is 0 Å². The fraction of sp³-hybridized carbons (Fsp3) is 0.538. The Labute approximate surface area is 106 Å². The Balaban J connectivity index is 2.21. The van der Waals surface area contributed by atoms with Crippen molar-refractivity contribution < 1.29 is 13.9 Å². The quantitative estimate of drug-likeness (QED) is 0.862. The van der Waals surface area contributed by atoms with Crippen LogP contribution < -0.4 is 0 Å². The van der Waals surface area contributed by atoms with Crippen LogP contribution in [0.5, 0.6) is 0 Å². The highest BCUT2D eigenvalue weighted by Crippen LogP contribution is 2.25. The van der Waals surface area contributed by atoms with E-state index in [1.54, 1.807) is 0 Å². The van der Waals surface area contributed by atoms with Gasteiger partial charge >= 0.3 is 0 Å². The molecule has 0 spiro atoms. The molecule has 5 heteroatoms. The molecule has 1 fully saturated rings. The lowest BCUT2D eigenvalue weighted by Crippen LogP contribution is -2.52. The summed E-state index contributed by atoms with van der Waals surface area (Å²) in [5.74, 6) is -1.32. The van der Waals surface area contributed by atoms with Gasteiger partial charge in [-0.25, -0.2) is 8.78 Å². The maximum atomic E-state index is 13.6. The van der Waals surface area contributed by atoms with E-state index in [4.69, 9.17) is 0 Å². The maximum Gasteiger partial charge on any atom is 0.131 e.